The molecule has 0 aliphatic carbocycles. The smallest absolute Gasteiger partial charge is 0.0705 e. The summed E-state index contributed by atoms with van der Waals surface area (Å²) in [5.41, 5.74) is 2.77. The molecule has 0 saturated carbocycles. The van der Waals surface area contributed by atoms with Gasteiger partial charge in [-0.2, -0.15) is 5.26 Å². The maximum Gasteiger partial charge on any atom is 0.0705 e. The zero-order valence-corrected chi connectivity index (χ0v) is 10.2. The average molecular weight is 214 g/mol. The third kappa shape index (κ3) is 3.06. The molecule has 2 nitrogen and oxygen atoms in total. The molecule has 0 N–H and O–H groups in total. The summed E-state index contributed by atoms with van der Waals surface area (Å²) in [6.07, 6.45) is 6.88. The normalized spacial score (nSPS) is 10.4. The summed E-state index contributed by atoms with van der Waals surface area (Å²) in [7, 11) is 0. The van der Waals surface area contributed by atoms with Crippen LogP contribution in [0.4, 0.5) is 0 Å². The molecule has 84 valence electrons. The minimum Gasteiger partial charge on any atom is -0.264 e. The first-order chi connectivity index (χ1) is 7.74. The van der Waals surface area contributed by atoms with Crippen molar-refractivity contribution in [2.45, 2.75) is 26.7 Å². The van der Waals surface area contributed by atoms with Crippen LogP contribution in [0.25, 0.3) is 12.2 Å². The monoisotopic (exact) mass is 214 g/mol. The van der Waals surface area contributed by atoms with Crippen LogP contribution in [0.1, 0.15) is 43.4 Å². The van der Waals surface area contributed by atoms with E-state index in [0.29, 0.717) is 0 Å². The minimum absolute atomic E-state index is 0.171. The molecule has 1 unspecified atom stereocenters. The lowest BCUT2D eigenvalue weighted by molar-refractivity contribution is 0.961. The second-order valence-electron chi connectivity index (χ2n) is 2.99. The zero-order chi connectivity index (χ0) is 12.6. The molecule has 16 heavy (non-hydrogen) atoms. The molecule has 0 amide bonds. The van der Waals surface area contributed by atoms with E-state index in [0.717, 1.165) is 16.7 Å². The van der Waals surface area contributed by atoms with Crippen LogP contribution in [0.15, 0.2) is 25.6 Å². The molecule has 1 heterocycles. The number of hydrogen-bond acceptors (Lipinski definition) is 2. The van der Waals surface area contributed by atoms with Gasteiger partial charge in [0.2, 0.25) is 0 Å². The van der Waals surface area contributed by atoms with Crippen molar-refractivity contribution in [3.8, 4) is 6.07 Å². The lowest BCUT2D eigenvalue weighted by Gasteiger charge is -2.09. The fraction of sp³-hybridized carbons (Fsp3) is 0.286. The molecule has 1 rings (SSSR count). The topological polar surface area (TPSA) is 36.7 Å². The van der Waals surface area contributed by atoms with Gasteiger partial charge in [0.15, 0.2) is 0 Å². The van der Waals surface area contributed by atoms with Gasteiger partial charge in [0.05, 0.1) is 12.0 Å². The van der Waals surface area contributed by atoms with Gasteiger partial charge in [0.1, 0.15) is 0 Å². The van der Waals surface area contributed by atoms with Crippen molar-refractivity contribution in [2.75, 3.05) is 0 Å². The molecule has 0 bridgehead atoms. The Kier molecular flexibility index (Phi) is 6.55. The maximum atomic E-state index is 8.83. The quantitative estimate of drug-likeness (QED) is 0.762. The summed E-state index contributed by atoms with van der Waals surface area (Å²) in [5, 5.41) is 8.83. The summed E-state index contributed by atoms with van der Waals surface area (Å²) in [4.78, 5) is 4.06. The van der Waals surface area contributed by atoms with Gasteiger partial charge < -0.3 is 0 Å². The van der Waals surface area contributed by atoms with Crippen molar-refractivity contribution < 1.29 is 0 Å². The Bertz CT molecular complexity index is 400. The summed E-state index contributed by atoms with van der Waals surface area (Å²) >= 11 is 0. The number of hydrogen-bond donors (Lipinski definition) is 0. The molecule has 1 aromatic rings. The maximum absolute atomic E-state index is 8.83. The van der Waals surface area contributed by atoms with Crippen LogP contribution in [0.3, 0.4) is 0 Å². The van der Waals surface area contributed by atoms with Crippen LogP contribution in [0.2, 0.25) is 0 Å². The Labute approximate surface area is 98.0 Å². The van der Waals surface area contributed by atoms with Gasteiger partial charge >= 0.3 is 0 Å². The number of nitrogens with zero attached hydrogens (tertiary/aromatic N) is 2. The fourth-order valence-electron chi connectivity index (χ4n) is 1.32. The summed E-state index contributed by atoms with van der Waals surface area (Å²) in [6.45, 7) is 13.3. The number of aromatic nitrogens is 1. The Morgan fingerprint density at radius 1 is 1.31 bits per heavy atom. The largest absolute Gasteiger partial charge is 0.264 e. The van der Waals surface area contributed by atoms with Crippen molar-refractivity contribution in [1.29, 1.82) is 5.26 Å². The van der Waals surface area contributed by atoms with E-state index in [1.807, 2.05) is 20.8 Å². The van der Waals surface area contributed by atoms with Crippen LogP contribution < -0.4 is 0 Å². The van der Waals surface area contributed by atoms with E-state index >= 15 is 0 Å². The van der Waals surface area contributed by atoms with E-state index in [9.17, 15) is 0 Å². The Morgan fingerprint density at radius 3 is 2.38 bits per heavy atom. The van der Waals surface area contributed by atoms with E-state index < -0.39 is 0 Å². The van der Waals surface area contributed by atoms with Crippen molar-refractivity contribution in [3.63, 3.8) is 0 Å². The van der Waals surface area contributed by atoms with E-state index in [1.165, 1.54) is 0 Å². The lowest BCUT2D eigenvalue weighted by atomic mass is 9.96. The van der Waals surface area contributed by atoms with Gasteiger partial charge in [-0.15, -0.1) is 0 Å². The molecule has 0 saturated heterocycles. The predicted molar refractivity (Wildman–Crippen MR) is 69.8 cm³/mol. The highest BCUT2D eigenvalue weighted by molar-refractivity contribution is 5.66. The molecule has 0 spiro atoms. The van der Waals surface area contributed by atoms with E-state index in [1.54, 1.807) is 24.5 Å². The molecular weight excluding hydrogens is 196 g/mol. The molecule has 0 aromatic carbocycles. The highest BCUT2D eigenvalue weighted by Crippen LogP contribution is 2.22. The molecule has 0 radical (unpaired) electrons. The number of pyridine rings is 1. The lowest BCUT2D eigenvalue weighted by Crippen LogP contribution is -1.97. The molecule has 0 aliphatic rings. The Morgan fingerprint density at radius 2 is 1.94 bits per heavy atom. The zero-order valence-electron chi connectivity index (χ0n) is 10.2. The van der Waals surface area contributed by atoms with Gasteiger partial charge in [-0.25, -0.2) is 0 Å². The molecule has 1 atom stereocenters. The van der Waals surface area contributed by atoms with Crippen molar-refractivity contribution >= 4 is 12.2 Å². The van der Waals surface area contributed by atoms with Gasteiger partial charge in [-0.1, -0.05) is 39.2 Å². The first-order valence-corrected chi connectivity index (χ1v) is 5.37. The standard InChI is InChI=1S/C12H12N2.C2H6/c1-4-10-7-14-8-12(9(3)6-13)11(10)5-2;1-2/h4-5,7-9H,1-2H2,3H3;1-2H3. The highest BCUT2D eigenvalue weighted by atomic mass is 14.6. The van der Waals surface area contributed by atoms with E-state index in [-0.39, 0.29) is 5.92 Å². The molecule has 0 fully saturated rings. The first kappa shape index (κ1) is 14.1. The van der Waals surface area contributed by atoms with Crippen molar-refractivity contribution in [1.82, 2.24) is 4.98 Å². The summed E-state index contributed by atoms with van der Waals surface area (Å²) in [6, 6.07) is 2.19. The van der Waals surface area contributed by atoms with Gasteiger partial charge in [0.25, 0.3) is 0 Å². The predicted octanol–water partition coefficient (Wildman–Crippen LogP) is 4.02. The average Bonchev–Trinajstić information content (AvgIpc) is 2.38. The van der Waals surface area contributed by atoms with Crippen LogP contribution in [-0.2, 0) is 0 Å². The third-order valence-corrected chi connectivity index (χ3v) is 2.13. The van der Waals surface area contributed by atoms with Gasteiger partial charge in [-0.3, -0.25) is 4.98 Å². The molecule has 2 heteroatoms. The van der Waals surface area contributed by atoms with Crippen LogP contribution in [0, 0.1) is 11.3 Å². The first-order valence-electron chi connectivity index (χ1n) is 5.37. The second-order valence-corrected chi connectivity index (χ2v) is 2.99. The SMILES string of the molecule is C=Cc1cncc(C(C)C#N)c1C=C.CC. The van der Waals surface area contributed by atoms with E-state index in [4.69, 9.17) is 5.26 Å². The number of nitriles is 1. The Hall–Kier alpha value is -1.88. The second kappa shape index (κ2) is 7.42. The summed E-state index contributed by atoms with van der Waals surface area (Å²) < 4.78 is 0. The van der Waals surface area contributed by atoms with Gasteiger partial charge in [-0.05, 0) is 23.6 Å². The Balaban J connectivity index is 0.00000106. The van der Waals surface area contributed by atoms with Crippen LogP contribution in [-0.4, -0.2) is 4.98 Å². The van der Waals surface area contributed by atoms with Crippen LogP contribution >= 0.6 is 0 Å². The third-order valence-electron chi connectivity index (χ3n) is 2.13. The minimum atomic E-state index is -0.171. The van der Waals surface area contributed by atoms with Crippen molar-refractivity contribution in [2.24, 2.45) is 0 Å². The molecular formula is C14H18N2. The molecule has 1 aromatic heterocycles. The molecule has 0 aliphatic heterocycles. The number of rotatable bonds is 3. The van der Waals surface area contributed by atoms with Crippen LogP contribution in [0.5, 0.6) is 0 Å². The summed E-state index contributed by atoms with van der Waals surface area (Å²) in [5.74, 6) is -0.171. The highest BCUT2D eigenvalue weighted by Gasteiger charge is 2.10. The van der Waals surface area contributed by atoms with Gasteiger partial charge in [0, 0.05) is 12.4 Å². The van der Waals surface area contributed by atoms with Crippen molar-refractivity contribution in [3.05, 3.63) is 42.2 Å². The fourth-order valence-corrected chi connectivity index (χ4v) is 1.32. The van der Waals surface area contributed by atoms with E-state index in [2.05, 4.69) is 24.2 Å².